The average molecular weight is 196 g/mol. The van der Waals surface area contributed by atoms with Crippen molar-refractivity contribution in [3.63, 3.8) is 0 Å². The SMILES string of the molecule is CNCC(NC)c1cc(OC)ncn1. The molecule has 0 amide bonds. The van der Waals surface area contributed by atoms with E-state index in [1.807, 2.05) is 20.2 Å². The van der Waals surface area contributed by atoms with E-state index in [0.717, 1.165) is 12.2 Å². The smallest absolute Gasteiger partial charge is 0.216 e. The molecule has 14 heavy (non-hydrogen) atoms. The lowest BCUT2D eigenvalue weighted by Crippen LogP contribution is -2.28. The van der Waals surface area contributed by atoms with Crippen molar-refractivity contribution in [3.8, 4) is 5.88 Å². The fourth-order valence-corrected chi connectivity index (χ4v) is 1.21. The Bertz CT molecular complexity index is 279. The van der Waals surface area contributed by atoms with Crippen molar-refractivity contribution < 1.29 is 4.74 Å². The number of nitrogens with one attached hydrogen (secondary N) is 2. The van der Waals surface area contributed by atoms with E-state index in [0.29, 0.717) is 5.88 Å². The number of ether oxygens (including phenoxy) is 1. The van der Waals surface area contributed by atoms with Gasteiger partial charge in [-0.3, -0.25) is 0 Å². The molecule has 1 unspecified atom stereocenters. The summed E-state index contributed by atoms with van der Waals surface area (Å²) in [4.78, 5) is 8.14. The molecule has 1 rings (SSSR count). The molecular formula is C9H16N4O. The van der Waals surface area contributed by atoms with E-state index in [9.17, 15) is 0 Å². The van der Waals surface area contributed by atoms with Gasteiger partial charge in [-0.2, -0.15) is 0 Å². The molecule has 78 valence electrons. The summed E-state index contributed by atoms with van der Waals surface area (Å²) in [6, 6.07) is 2.01. The molecule has 0 saturated heterocycles. The van der Waals surface area contributed by atoms with Gasteiger partial charge in [-0.1, -0.05) is 0 Å². The van der Waals surface area contributed by atoms with E-state index in [1.54, 1.807) is 7.11 Å². The number of likely N-dealkylation sites (N-methyl/N-ethyl adjacent to an activating group) is 2. The summed E-state index contributed by atoms with van der Waals surface area (Å²) in [6.45, 7) is 0.816. The van der Waals surface area contributed by atoms with Crippen molar-refractivity contribution in [2.24, 2.45) is 0 Å². The maximum Gasteiger partial charge on any atom is 0.216 e. The van der Waals surface area contributed by atoms with Crippen LogP contribution in [-0.4, -0.2) is 37.7 Å². The van der Waals surface area contributed by atoms with E-state index < -0.39 is 0 Å². The minimum Gasteiger partial charge on any atom is -0.481 e. The van der Waals surface area contributed by atoms with Gasteiger partial charge in [0.2, 0.25) is 5.88 Å². The zero-order valence-electron chi connectivity index (χ0n) is 8.74. The lowest BCUT2D eigenvalue weighted by molar-refractivity contribution is 0.394. The molecule has 0 aliphatic rings. The van der Waals surface area contributed by atoms with Crippen LogP contribution in [0, 0.1) is 0 Å². The molecule has 0 aliphatic heterocycles. The van der Waals surface area contributed by atoms with Crippen LogP contribution in [0.15, 0.2) is 12.4 Å². The molecule has 5 heteroatoms. The first-order valence-electron chi connectivity index (χ1n) is 4.49. The van der Waals surface area contributed by atoms with Crippen LogP contribution in [-0.2, 0) is 0 Å². The van der Waals surface area contributed by atoms with Gasteiger partial charge in [0.1, 0.15) is 6.33 Å². The maximum atomic E-state index is 5.03. The first-order valence-corrected chi connectivity index (χ1v) is 4.49. The third kappa shape index (κ3) is 2.65. The molecule has 0 spiro atoms. The second-order valence-corrected chi connectivity index (χ2v) is 2.88. The van der Waals surface area contributed by atoms with Gasteiger partial charge in [-0.25, -0.2) is 9.97 Å². The molecule has 0 bridgehead atoms. The van der Waals surface area contributed by atoms with E-state index >= 15 is 0 Å². The maximum absolute atomic E-state index is 5.03. The Morgan fingerprint density at radius 1 is 1.43 bits per heavy atom. The quantitative estimate of drug-likeness (QED) is 0.692. The molecule has 1 heterocycles. The number of hydrogen-bond acceptors (Lipinski definition) is 5. The Morgan fingerprint density at radius 3 is 2.79 bits per heavy atom. The van der Waals surface area contributed by atoms with Crippen LogP contribution in [0.2, 0.25) is 0 Å². The molecule has 0 aliphatic carbocycles. The second kappa shape index (κ2) is 5.51. The number of rotatable bonds is 5. The number of aromatic nitrogens is 2. The highest BCUT2D eigenvalue weighted by Crippen LogP contribution is 2.12. The summed E-state index contributed by atoms with van der Waals surface area (Å²) in [5.41, 5.74) is 0.925. The van der Waals surface area contributed by atoms with Gasteiger partial charge in [0.25, 0.3) is 0 Å². The van der Waals surface area contributed by atoms with Crippen molar-refractivity contribution in [3.05, 3.63) is 18.1 Å². The predicted octanol–water partition coefficient (Wildman–Crippen LogP) is -0.0349. The van der Waals surface area contributed by atoms with Crippen molar-refractivity contribution in [2.75, 3.05) is 27.7 Å². The second-order valence-electron chi connectivity index (χ2n) is 2.88. The standard InChI is InChI=1S/C9H16N4O/c1-10-5-8(11-2)7-4-9(14-3)13-6-12-7/h4,6,8,10-11H,5H2,1-3H3. The Kier molecular flexibility index (Phi) is 4.28. The summed E-state index contributed by atoms with van der Waals surface area (Å²) in [5.74, 6) is 0.589. The highest BCUT2D eigenvalue weighted by atomic mass is 16.5. The fourth-order valence-electron chi connectivity index (χ4n) is 1.21. The largest absolute Gasteiger partial charge is 0.481 e. The topological polar surface area (TPSA) is 59.1 Å². The molecule has 2 N–H and O–H groups in total. The lowest BCUT2D eigenvalue weighted by atomic mass is 10.2. The van der Waals surface area contributed by atoms with Gasteiger partial charge >= 0.3 is 0 Å². The van der Waals surface area contributed by atoms with Crippen LogP contribution in [0.3, 0.4) is 0 Å². The van der Waals surface area contributed by atoms with E-state index in [2.05, 4.69) is 20.6 Å². The minimum atomic E-state index is 0.178. The zero-order valence-corrected chi connectivity index (χ0v) is 8.74. The van der Waals surface area contributed by atoms with Gasteiger partial charge in [0.05, 0.1) is 18.8 Å². The summed E-state index contributed by atoms with van der Waals surface area (Å²) < 4.78 is 5.03. The monoisotopic (exact) mass is 196 g/mol. The first kappa shape index (κ1) is 10.9. The summed E-state index contributed by atoms with van der Waals surface area (Å²) in [7, 11) is 5.40. The van der Waals surface area contributed by atoms with Crippen molar-refractivity contribution in [1.82, 2.24) is 20.6 Å². The fraction of sp³-hybridized carbons (Fsp3) is 0.556. The minimum absolute atomic E-state index is 0.178. The molecule has 0 radical (unpaired) electrons. The Hall–Kier alpha value is -1.20. The molecule has 0 saturated carbocycles. The molecule has 0 fully saturated rings. The molecule has 1 aromatic rings. The van der Waals surface area contributed by atoms with Gasteiger partial charge in [-0.15, -0.1) is 0 Å². The number of methoxy groups -OCH3 is 1. The molecular weight excluding hydrogens is 180 g/mol. The van der Waals surface area contributed by atoms with Gasteiger partial charge < -0.3 is 15.4 Å². The Balaban J connectivity index is 2.80. The van der Waals surface area contributed by atoms with Crippen molar-refractivity contribution >= 4 is 0 Å². The van der Waals surface area contributed by atoms with Gasteiger partial charge in [0.15, 0.2) is 0 Å². The van der Waals surface area contributed by atoms with Crippen LogP contribution >= 0.6 is 0 Å². The molecule has 1 atom stereocenters. The van der Waals surface area contributed by atoms with Crippen LogP contribution in [0.5, 0.6) is 5.88 Å². The van der Waals surface area contributed by atoms with E-state index in [1.165, 1.54) is 6.33 Å². The number of nitrogens with zero attached hydrogens (tertiary/aromatic N) is 2. The van der Waals surface area contributed by atoms with E-state index in [4.69, 9.17) is 4.74 Å². The van der Waals surface area contributed by atoms with Gasteiger partial charge in [-0.05, 0) is 14.1 Å². The Labute approximate surface area is 83.9 Å². The average Bonchev–Trinajstić information content (AvgIpc) is 2.26. The van der Waals surface area contributed by atoms with Gasteiger partial charge in [0, 0.05) is 12.6 Å². The van der Waals surface area contributed by atoms with Crippen LogP contribution in [0.1, 0.15) is 11.7 Å². The number of hydrogen-bond donors (Lipinski definition) is 2. The van der Waals surface area contributed by atoms with Crippen LogP contribution < -0.4 is 15.4 Å². The Morgan fingerprint density at radius 2 is 2.21 bits per heavy atom. The molecule has 0 aromatic carbocycles. The highest BCUT2D eigenvalue weighted by molar-refractivity contribution is 5.16. The third-order valence-electron chi connectivity index (χ3n) is 1.99. The molecule has 1 aromatic heterocycles. The van der Waals surface area contributed by atoms with Crippen LogP contribution in [0.4, 0.5) is 0 Å². The van der Waals surface area contributed by atoms with Crippen molar-refractivity contribution in [1.29, 1.82) is 0 Å². The normalized spacial score (nSPS) is 12.5. The highest BCUT2D eigenvalue weighted by Gasteiger charge is 2.10. The first-order chi connectivity index (χ1) is 6.81. The summed E-state index contributed by atoms with van der Waals surface area (Å²) >= 11 is 0. The van der Waals surface area contributed by atoms with E-state index in [-0.39, 0.29) is 6.04 Å². The zero-order chi connectivity index (χ0) is 10.4. The summed E-state index contributed by atoms with van der Waals surface area (Å²) in [5, 5.41) is 6.25. The van der Waals surface area contributed by atoms with Crippen LogP contribution in [0.25, 0.3) is 0 Å². The molecule has 5 nitrogen and oxygen atoms in total. The van der Waals surface area contributed by atoms with Crippen molar-refractivity contribution in [2.45, 2.75) is 6.04 Å². The third-order valence-corrected chi connectivity index (χ3v) is 1.99. The predicted molar refractivity (Wildman–Crippen MR) is 54.3 cm³/mol. The summed E-state index contributed by atoms with van der Waals surface area (Å²) in [6.07, 6.45) is 1.51. The lowest BCUT2D eigenvalue weighted by Gasteiger charge is -2.14.